The second kappa shape index (κ2) is 6.41. The molecule has 0 amide bonds. The molecule has 3 aromatic rings. The fraction of sp³-hybridized carbons (Fsp3) is 0.0526. The molecule has 2 heteroatoms. The number of hydrogen-bond acceptors (Lipinski definition) is 1. The van der Waals surface area contributed by atoms with Crippen LogP contribution in [0.2, 0.25) is 0 Å². The van der Waals surface area contributed by atoms with Crippen molar-refractivity contribution in [1.82, 2.24) is 0 Å². The Hall–Kier alpha value is -1.65. The molecule has 0 atom stereocenters. The van der Waals surface area contributed by atoms with Gasteiger partial charge in [-0.1, -0.05) is 91.0 Å². The maximum atomic E-state index is 6.07. The van der Waals surface area contributed by atoms with Gasteiger partial charge in [-0.2, -0.15) is 0 Å². The van der Waals surface area contributed by atoms with E-state index in [0.717, 1.165) is 16.7 Å². The highest BCUT2D eigenvalue weighted by atomic mass is 127. The summed E-state index contributed by atoms with van der Waals surface area (Å²) >= 11 is 2.01. The topological polar surface area (TPSA) is 9.23 Å². The van der Waals surface area contributed by atoms with Crippen molar-refractivity contribution in [3.05, 3.63) is 108 Å². The molecular formula is C19H15IO. The third kappa shape index (κ3) is 2.61. The number of rotatable bonds is 4. The first-order valence-corrected chi connectivity index (χ1v) is 7.72. The van der Waals surface area contributed by atoms with Crippen LogP contribution < -0.4 is 0 Å². The highest BCUT2D eigenvalue weighted by molar-refractivity contribution is 14.1. The Morgan fingerprint density at radius 1 is 0.524 bits per heavy atom. The maximum Gasteiger partial charge on any atom is 0.156 e. The predicted molar refractivity (Wildman–Crippen MR) is 94.3 cm³/mol. The first-order valence-electron chi connectivity index (χ1n) is 6.84. The third-order valence-corrected chi connectivity index (χ3v) is 4.32. The normalized spacial score (nSPS) is 11.3. The van der Waals surface area contributed by atoms with Crippen LogP contribution in [-0.2, 0) is 8.67 Å². The minimum atomic E-state index is -0.593. The lowest BCUT2D eigenvalue weighted by Gasteiger charge is -2.32. The van der Waals surface area contributed by atoms with E-state index in [1.165, 1.54) is 0 Å². The van der Waals surface area contributed by atoms with Gasteiger partial charge >= 0.3 is 0 Å². The fourth-order valence-electron chi connectivity index (χ4n) is 2.65. The van der Waals surface area contributed by atoms with E-state index < -0.39 is 5.60 Å². The molecule has 104 valence electrons. The van der Waals surface area contributed by atoms with E-state index in [0.29, 0.717) is 0 Å². The SMILES string of the molecule is IOC(c1ccccc1)(c1ccccc1)c1ccccc1. The van der Waals surface area contributed by atoms with Gasteiger partial charge in [-0.15, -0.1) is 0 Å². The molecule has 0 spiro atoms. The van der Waals surface area contributed by atoms with Gasteiger partial charge in [0.25, 0.3) is 0 Å². The predicted octanol–water partition coefficient (Wildman–Crippen LogP) is 5.35. The highest BCUT2D eigenvalue weighted by Gasteiger charge is 2.37. The van der Waals surface area contributed by atoms with Crippen LogP contribution in [0.3, 0.4) is 0 Å². The van der Waals surface area contributed by atoms with Crippen molar-refractivity contribution in [2.45, 2.75) is 5.60 Å². The second-order valence-electron chi connectivity index (χ2n) is 4.86. The molecule has 0 aromatic heterocycles. The van der Waals surface area contributed by atoms with E-state index in [-0.39, 0.29) is 0 Å². The largest absolute Gasteiger partial charge is 0.294 e. The van der Waals surface area contributed by atoms with Crippen molar-refractivity contribution in [3.63, 3.8) is 0 Å². The van der Waals surface area contributed by atoms with Crippen molar-refractivity contribution >= 4 is 23.0 Å². The van der Waals surface area contributed by atoms with Crippen LogP contribution >= 0.6 is 23.0 Å². The van der Waals surface area contributed by atoms with Crippen molar-refractivity contribution in [1.29, 1.82) is 0 Å². The molecule has 0 fully saturated rings. The first kappa shape index (κ1) is 14.3. The molecule has 0 radical (unpaired) electrons. The Labute approximate surface area is 139 Å². The maximum absolute atomic E-state index is 6.07. The Bertz CT molecular complexity index is 584. The summed E-state index contributed by atoms with van der Waals surface area (Å²) in [6, 6.07) is 31.0. The van der Waals surface area contributed by atoms with Gasteiger partial charge in [-0.05, 0) is 16.7 Å². The minimum absolute atomic E-state index is 0.593. The Morgan fingerprint density at radius 2 is 0.810 bits per heavy atom. The first-order chi connectivity index (χ1) is 10.4. The van der Waals surface area contributed by atoms with Crippen molar-refractivity contribution in [2.24, 2.45) is 0 Å². The molecule has 0 unspecified atom stereocenters. The highest BCUT2D eigenvalue weighted by Crippen LogP contribution is 2.41. The summed E-state index contributed by atoms with van der Waals surface area (Å²) in [5.74, 6) is 0. The Balaban J connectivity index is 2.29. The molecule has 0 saturated heterocycles. The monoisotopic (exact) mass is 386 g/mol. The van der Waals surface area contributed by atoms with Crippen molar-refractivity contribution in [3.8, 4) is 0 Å². The fourth-order valence-corrected chi connectivity index (χ4v) is 3.42. The van der Waals surface area contributed by atoms with E-state index in [2.05, 4.69) is 36.4 Å². The zero-order valence-corrected chi connectivity index (χ0v) is 13.6. The molecule has 0 aliphatic carbocycles. The quantitative estimate of drug-likeness (QED) is 0.434. The standard InChI is InChI=1S/C19H15IO/c20-21-19(16-10-4-1-5-11-16,17-12-6-2-7-13-17)18-14-8-3-9-15-18/h1-15H. The third-order valence-electron chi connectivity index (χ3n) is 3.66. The summed E-state index contributed by atoms with van der Waals surface area (Å²) < 4.78 is 6.07. The molecule has 0 bridgehead atoms. The summed E-state index contributed by atoms with van der Waals surface area (Å²) in [4.78, 5) is 0. The van der Waals surface area contributed by atoms with Crippen LogP contribution in [0.5, 0.6) is 0 Å². The van der Waals surface area contributed by atoms with E-state index >= 15 is 0 Å². The smallest absolute Gasteiger partial charge is 0.156 e. The average Bonchev–Trinajstić information content (AvgIpc) is 2.59. The molecule has 3 rings (SSSR count). The number of benzene rings is 3. The molecule has 0 N–H and O–H groups in total. The summed E-state index contributed by atoms with van der Waals surface area (Å²) in [7, 11) is 0. The number of halogens is 1. The van der Waals surface area contributed by atoms with Gasteiger partial charge in [0.05, 0.1) is 0 Å². The molecule has 1 nitrogen and oxygen atoms in total. The molecule has 0 saturated carbocycles. The van der Waals surface area contributed by atoms with Crippen LogP contribution in [0.4, 0.5) is 0 Å². The molecule has 0 aliphatic rings. The minimum Gasteiger partial charge on any atom is -0.294 e. The average molecular weight is 386 g/mol. The second-order valence-corrected chi connectivity index (χ2v) is 5.30. The molecule has 3 aromatic carbocycles. The van der Waals surface area contributed by atoms with Crippen molar-refractivity contribution < 1.29 is 3.07 Å². The van der Waals surface area contributed by atoms with Gasteiger partial charge in [-0.3, -0.25) is 3.07 Å². The summed E-state index contributed by atoms with van der Waals surface area (Å²) in [6.45, 7) is 0. The van der Waals surface area contributed by atoms with Gasteiger partial charge in [0.1, 0.15) is 23.0 Å². The zero-order valence-electron chi connectivity index (χ0n) is 11.4. The Morgan fingerprint density at radius 3 is 1.05 bits per heavy atom. The molecule has 0 aliphatic heterocycles. The van der Waals surface area contributed by atoms with Gasteiger partial charge in [-0.25, -0.2) is 0 Å². The van der Waals surface area contributed by atoms with E-state index in [1.807, 2.05) is 77.6 Å². The van der Waals surface area contributed by atoms with Crippen LogP contribution in [0.15, 0.2) is 91.0 Å². The molecule has 21 heavy (non-hydrogen) atoms. The molecular weight excluding hydrogens is 371 g/mol. The van der Waals surface area contributed by atoms with E-state index in [1.54, 1.807) is 0 Å². The lowest BCUT2D eigenvalue weighted by atomic mass is 9.80. The van der Waals surface area contributed by atoms with Gasteiger partial charge in [0.15, 0.2) is 5.60 Å². The lowest BCUT2D eigenvalue weighted by Crippen LogP contribution is -2.29. The van der Waals surface area contributed by atoms with Crippen LogP contribution in [0.1, 0.15) is 16.7 Å². The van der Waals surface area contributed by atoms with Crippen LogP contribution in [0.25, 0.3) is 0 Å². The van der Waals surface area contributed by atoms with Gasteiger partial charge in [0.2, 0.25) is 0 Å². The summed E-state index contributed by atoms with van der Waals surface area (Å²) in [5, 5.41) is 0. The van der Waals surface area contributed by atoms with E-state index in [4.69, 9.17) is 3.07 Å². The summed E-state index contributed by atoms with van der Waals surface area (Å²) in [5.41, 5.74) is 2.77. The molecule has 0 heterocycles. The summed E-state index contributed by atoms with van der Waals surface area (Å²) in [6.07, 6.45) is 0. The van der Waals surface area contributed by atoms with E-state index in [9.17, 15) is 0 Å². The van der Waals surface area contributed by atoms with Crippen LogP contribution in [-0.4, -0.2) is 0 Å². The zero-order chi connectivity index (χ0) is 14.5. The van der Waals surface area contributed by atoms with Gasteiger partial charge < -0.3 is 0 Å². The van der Waals surface area contributed by atoms with Crippen molar-refractivity contribution in [2.75, 3.05) is 0 Å². The number of hydrogen-bond donors (Lipinski definition) is 0. The van der Waals surface area contributed by atoms with Crippen LogP contribution in [0, 0.1) is 0 Å². The Kier molecular flexibility index (Phi) is 4.36. The lowest BCUT2D eigenvalue weighted by molar-refractivity contribution is 0.232. The van der Waals surface area contributed by atoms with Gasteiger partial charge in [0, 0.05) is 0 Å².